The maximum atomic E-state index is 11.3. The normalized spacial score (nSPS) is 10.3. The molecule has 0 aliphatic rings. The van der Waals surface area contributed by atoms with Gasteiger partial charge in [0, 0.05) is 19.7 Å². The van der Waals surface area contributed by atoms with Gasteiger partial charge in [-0.05, 0) is 11.1 Å². The first-order chi connectivity index (χ1) is 11.1. The highest BCUT2D eigenvalue weighted by molar-refractivity contribution is 6.29. The predicted molar refractivity (Wildman–Crippen MR) is 86.0 cm³/mol. The molecule has 7 nitrogen and oxygen atoms in total. The number of anilines is 1. The molecular weight excluding hydrogens is 320 g/mol. The smallest absolute Gasteiger partial charge is 0.246 e. The van der Waals surface area contributed by atoms with Crippen LogP contribution in [0.25, 0.3) is 0 Å². The first-order valence-electron chi connectivity index (χ1n) is 6.83. The monoisotopic (exact) mass is 336 g/mol. The first-order valence-corrected chi connectivity index (χ1v) is 7.21. The van der Waals surface area contributed by atoms with E-state index in [2.05, 4.69) is 15.3 Å². The van der Waals surface area contributed by atoms with Crippen molar-refractivity contribution in [3.05, 3.63) is 46.6 Å². The lowest BCUT2D eigenvalue weighted by molar-refractivity contribution is -0.124. The molecule has 2 aromatic rings. The van der Waals surface area contributed by atoms with Gasteiger partial charge in [0.25, 0.3) is 0 Å². The van der Waals surface area contributed by atoms with Crippen molar-refractivity contribution in [1.82, 2.24) is 15.3 Å². The molecule has 8 heteroatoms. The van der Waals surface area contributed by atoms with E-state index in [1.54, 1.807) is 0 Å². The predicted octanol–water partition coefficient (Wildman–Crippen LogP) is 1.55. The number of benzene rings is 1. The summed E-state index contributed by atoms with van der Waals surface area (Å²) >= 11 is 5.78. The standard InChI is InChI=1S/C15H17ClN4O3/c1-22-9-13(21)18-7-10-2-4-11(5-3-10)8-23-14-6-12(16)19-15(17)20-14/h2-6H,7-9H2,1H3,(H,18,21)(H2,17,19,20). The molecule has 0 spiro atoms. The van der Waals surface area contributed by atoms with Gasteiger partial charge in [-0.3, -0.25) is 4.79 Å². The lowest BCUT2D eigenvalue weighted by Gasteiger charge is -2.08. The van der Waals surface area contributed by atoms with Crippen LogP contribution < -0.4 is 15.8 Å². The minimum atomic E-state index is -0.155. The summed E-state index contributed by atoms with van der Waals surface area (Å²) in [6, 6.07) is 9.13. The number of nitrogens with one attached hydrogen (secondary N) is 1. The molecule has 23 heavy (non-hydrogen) atoms. The molecule has 0 saturated carbocycles. The quantitative estimate of drug-likeness (QED) is 0.744. The largest absolute Gasteiger partial charge is 0.473 e. The zero-order valence-corrected chi connectivity index (χ0v) is 13.3. The number of rotatable bonds is 7. The number of amides is 1. The third kappa shape index (κ3) is 5.72. The molecular formula is C15H17ClN4O3. The van der Waals surface area contributed by atoms with Gasteiger partial charge in [0.15, 0.2) is 0 Å². The molecule has 2 rings (SSSR count). The van der Waals surface area contributed by atoms with Crippen LogP contribution >= 0.6 is 11.6 Å². The third-order valence-electron chi connectivity index (χ3n) is 2.86. The van der Waals surface area contributed by atoms with Crippen molar-refractivity contribution in [2.24, 2.45) is 0 Å². The lowest BCUT2D eigenvalue weighted by atomic mass is 10.1. The number of nitrogens with two attached hydrogens (primary N) is 1. The molecule has 0 bridgehead atoms. The second-order valence-electron chi connectivity index (χ2n) is 4.70. The molecule has 1 amide bonds. The van der Waals surface area contributed by atoms with E-state index in [0.717, 1.165) is 11.1 Å². The molecule has 0 atom stereocenters. The zero-order chi connectivity index (χ0) is 16.7. The van der Waals surface area contributed by atoms with Crippen molar-refractivity contribution in [2.75, 3.05) is 19.5 Å². The number of carbonyl (C=O) groups is 1. The summed E-state index contributed by atoms with van der Waals surface area (Å²) in [7, 11) is 1.48. The Bertz CT molecular complexity index is 644. The highest BCUT2D eigenvalue weighted by Crippen LogP contribution is 2.16. The Kier molecular flexibility index (Phi) is 6.13. The van der Waals surface area contributed by atoms with Crippen molar-refractivity contribution < 1.29 is 14.3 Å². The summed E-state index contributed by atoms with van der Waals surface area (Å²) in [5.74, 6) is 0.228. The van der Waals surface area contributed by atoms with Gasteiger partial charge >= 0.3 is 0 Å². The highest BCUT2D eigenvalue weighted by Gasteiger charge is 2.03. The minimum Gasteiger partial charge on any atom is -0.473 e. The number of nitrogens with zero attached hydrogens (tertiary/aromatic N) is 2. The maximum Gasteiger partial charge on any atom is 0.246 e. The van der Waals surface area contributed by atoms with E-state index in [9.17, 15) is 4.79 Å². The summed E-state index contributed by atoms with van der Waals surface area (Å²) in [5, 5.41) is 2.98. The molecule has 0 fully saturated rings. The SMILES string of the molecule is COCC(=O)NCc1ccc(COc2cc(Cl)nc(N)n2)cc1. The molecule has 1 aromatic heterocycles. The summed E-state index contributed by atoms with van der Waals surface area (Å²) in [6.45, 7) is 0.820. The lowest BCUT2D eigenvalue weighted by Crippen LogP contribution is -2.26. The van der Waals surface area contributed by atoms with E-state index in [0.29, 0.717) is 19.0 Å². The maximum absolute atomic E-state index is 11.3. The van der Waals surface area contributed by atoms with Crippen molar-refractivity contribution in [3.63, 3.8) is 0 Å². The van der Waals surface area contributed by atoms with Crippen molar-refractivity contribution in [2.45, 2.75) is 13.2 Å². The van der Waals surface area contributed by atoms with E-state index in [1.807, 2.05) is 24.3 Å². The van der Waals surface area contributed by atoms with Crippen LogP contribution in [0.2, 0.25) is 5.15 Å². The van der Waals surface area contributed by atoms with Gasteiger partial charge in [-0.15, -0.1) is 0 Å². The van der Waals surface area contributed by atoms with Crippen LogP contribution in [0.4, 0.5) is 5.95 Å². The molecule has 0 aliphatic carbocycles. The van der Waals surface area contributed by atoms with Gasteiger partial charge in [-0.1, -0.05) is 35.9 Å². The average molecular weight is 337 g/mol. The Morgan fingerprint density at radius 2 is 1.96 bits per heavy atom. The first kappa shape index (κ1) is 17.0. The van der Waals surface area contributed by atoms with Crippen LogP contribution in [0.1, 0.15) is 11.1 Å². The van der Waals surface area contributed by atoms with Crippen LogP contribution in [-0.4, -0.2) is 29.6 Å². The fourth-order valence-electron chi connectivity index (χ4n) is 1.78. The molecule has 3 N–H and O–H groups in total. The second kappa shape index (κ2) is 8.30. The number of hydrogen-bond donors (Lipinski definition) is 2. The molecule has 1 heterocycles. The van der Waals surface area contributed by atoms with Gasteiger partial charge in [-0.25, -0.2) is 4.98 Å². The van der Waals surface area contributed by atoms with E-state index in [-0.39, 0.29) is 23.6 Å². The molecule has 1 aromatic carbocycles. The van der Waals surface area contributed by atoms with Crippen molar-refractivity contribution in [1.29, 1.82) is 0 Å². The molecule has 0 radical (unpaired) electrons. The van der Waals surface area contributed by atoms with E-state index >= 15 is 0 Å². The Balaban J connectivity index is 1.86. The van der Waals surface area contributed by atoms with Gasteiger partial charge < -0.3 is 20.5 Å². The number of aromatic nitrogens is 2. The van der Waals surface area contributed by atoms with Crippen molar-refractivity contribution in [3.8, 4) is 5.88 Å². The Morgan fingerprint density at radius 1 is 1.26 bits per heavy atom. The van der Waals surface area contributed by atoms with Gasteiger partial charge in [0.2, 0.25) is 17.7 Å². The molecule has 122 valence electrons. The zero-order valence-electron chi connectivity index (χ0n) is 12.6. The fourth-order valence-corrected chi connectivity index (χ4v) is 1.96. The van der Waals surface area contributed by atoms with Crippen LogP contribution in [0.15, 0.2) is 30.3 Å². The van der Waals surface area contributed by atoms with Crippen LogP contribution in [0.5, 0.6) is 5.88 Å². The topological polar surface area (TPSA) is 99.4 Å². The Labute approximate surface area is 138 Å². The summed E-state index contributed by atoms with van der Waals surface area (Å²) < 4.78 is 10.3. The molecule has 0 unspecified atom stereocenters. The van der Waals surface area contributed by atoms with Gasteiger partial charge in [0.05, 0.1) is 0 Å². The van der Waals surface area contributed by atoms with E-state index in [4.69, 9.17) is 26.8 Å². The molecule has 0 saturated heterocycles. The highest BCUT2D eigenvalue weighted by atomic mass is 35.5. The van der Waals surface area contributed by atoms with Gasteiger partial charge in [0.1, 0.15) is 18.4 Å². The second-order valence-corrected chi connectivity index (χ2v) is 5.09. The third-order valence-corrected chi connectivity index (χ3v) is 3.06. The van der Waals surface area contributed by atoms with Crippen molar-refractivity contribution >= 4 is 23.5 Å². The fraction of sp³-hybridized carbons (Fsp3) is 0.267. The number of hydrogen-bond acceptors (Lipinski definition) is 6. The average Bonchev–Trinajstić information content (AvgIpc) is 2.51. The Morgan fingerprint density at radius 3 is 2.61 bits per heavy atom. The molecule has 0 aliphatic heterocycles. The van der Waals surface area contributed by atoms with Gasteiger partial charge in [-0.2, -0.15) is 4.98 Å². The summed E-state index contributed by atoms with van der Waals surface area (Å²) in [6.07, 6.45) is 0. The van der Waals surface area contributed by atoms with Crippen LogP contribution in [-0.2, 0) is 22.7 Å². The summed E-state index contributed by atoms with van der Waals surface area (Å²) in [5.41, 5.74) is 7.43. The number of methoxy groups -OCH3 is 1. The van der Waals surface area contributed by atoms with Crippen LogP contribution in [0, 0.1) is 0 Å². The number of halogens is 1. The van der Waals surface area contributed by atoms with E-state index in [1.165, 1.54) is 13.2 Å². The number of nitrogen functional groups attached to an aromatic ring is 1. The summed E-state index contributed by atoms with van der Waals surface area (Å²) in [4.78, 5) is 19.0. The number of carbonyl (C=O) groups excluding carboxylic acids is 1. The Hall–Kier alpha value is -2.38. The van der Waals surface area contributed by atoms with E-state index < -0.39 is 0 Å². The van der Waals surface area contributed by atoms with Crippen LogP contribution in [0.3, 0.4) is 0 Å². The number of ether oxygens (including phenoxy) is 2. The minimum absolute atomic E-state index is 0.0521.